The second-order valence-corrected chi connectivity index (χ2v) is 7.92. The SMILES string of the molecule is N#Cc1ccc(C(=O)N2CCC(c3nc4cc(Cl)ccc4s3)CC2)cc1. The predicted octanol–water partition coefficient (Wildman–Crippen LogP) is 4.84. The number of thiazole rings is 1. The van der Waals surface area contributed by atoms with Crippen LogP contribution in [0, 0.1) is 11.3 Å². The molecule has 130 valence electrons. The number of carbonyl (C=O) groups excluding carboxylic acids is 1. The van der Waals surface area contributed by atoms with Gasteiger partial charge in [0, 0.05) is 29.6 Å². The van der Waals surface area contributed by atoms with Crippen LogP contribution < -0.4 is 0 Å². The summed E-state index contributed by atoms with van der Waals surface area (Å²) in [5, 5.41) is 10.7. The second kappa shape index (κ2) is 7.06. The van der Waals surface area contributed by atoms with Crippen molar-refractivity contribution in [1.82, 2.24) is 9.88 Å². The van der Waals surface area contributed by atoms with Gasteiger partial charge in [0.15, 0.2) is 0 Å². The Hall–Kier alpha value is -2.42. The van der Waals surface area contributed by atoms with Gasteiger partial charge in [-0.25, -0.2) is 4.98 Å². The molecular formula is C20H16ClN3OS. The minimum atomic E-state index is 0.0315. The van der Waals surface area contributed by atoms with Crippen LogP contribution in [0.3, 0.4) is 0 Å². The summed E-state index contributed by atoms with van der Waals surface area (Å²) in [5.41, 5.74) is 2.15. The molecule has 26 heavy (non-hydrogen) atoms. The Bertz CT molecular complexity index is 998. The molecule has 1 amide bonds. The molecule has 0 saturated carbocycles. The maximum Gasteiger partial charge on any atom is 0.253 e. The first-order chi connectivity index (χ1) is 12.6. The van der Waals surface area contributed by atoms with E-state index in [0.717, 1.165) is 41.2 Å². The summed E-state index contributed by atoms with van der Waals surface area (Å²) in [6.07, 6.45) is 1.82. The lowest BCUT2D eigenvalue weighted by molar-refractivity contribution is 0.0713. The highest BCUT2D eigenvalue weighted by Gasteiger charge is 2.26. The molecule has 3 aromatic rings. The average molecular weight is 382 g/mol. The smallest absolute Gasteiger partial charge is 0.253 e. The third-order valence-electron chi connectivity index (χ3n) is 4.76. The van der Waals surface area contributed by atoms with Crippen molar-refractivity contribution in [2.45, 2.75) is 18.8 Å². The Morgan fingerprint density at radius 3 is 2.62 bits per heavy atom. The second-order valence-electron chi connectivity index (χ2n) is 6.42. The molecular weight excluding hydrogens is 366 g/mol. The number of amides is 1. The molecule has 0 bridgehead atoms. The average Bonchev–Trinajstić information content (AvgIpc) is 3.11. The van der Waals surface area contributed by atoms with Crippen LogP contribution in [0.25, 0.3) is 10.2 Å². The highest BCUT2D eigenvalue weighted by molar-refractivity contribution is 7.18. The van der Waals surface area contributed by atoms with E-state index < -0.39 is 0 Å². The van der Waals surface area contributed by atoms with Crippen LogP contribution in [0.2, 0.25) is 5.02 Å². The molecule has 0 unspecified atom stereocenters. The molecule has 2 aromatic carbocycles. The summed E-state index contributed by atoms with van der Waals surface area (Å²) in [7, 11) is 0. The first-order valence-corrected chi connectivity index (χ1v) is 9.69. The summed E-state index contributed by atoms with van der Waals surface area (Å²) in [6.45, 7) is 1.44. The van der Waals surface area contributed by atoms with Crippen molar-refractivity contribution >= 4 is 39.1 Å². The number of benzene rings is 2. The zero-order valence-corrected chi connectivity index (χ0v) is 15.6. The van der Waals surface area contributed by atoms with Gasteiger partial charge in [0.05, 0.1) is 26.9 Å². The number of hydrogen-bond donors (Lipinski definition) is 0. The summed E-state index contributed by atoms with van der Waals surface area (Å²) >= 11 is 7.77. The fourth-order valence-corrected chi connectivity index (χ4v) is 4.58. The largest absolute Gasteiger partial charge is 0.339 e. The van der Waals surface area contributed by atoms with Crippen molar-refractivity contribution in [3.63, 3.8) is 0 Å². The molecule has 1 aliphatic rings. The number of fused-ring (bicyclic) bond motifs is 1. The van der Waals surface area contributed by atoms with Gasteiger partial charge in [0.25, 0.3) is 5.91 Å². The molecule has 0 atom stereocenters. The van der Waals surface area contributed by atoms with E-state index in [9.17, 15) is 4.79 Å². The van der Waals surface area contributed by atoms with Crippen LogP contribution in [-0.4, -0.2) is 28.9 Å². The minimum Gasteiger partial charge on any atom is -0.339 e. The first kappa shape index (κ1) is 17.0. The van der Waals surface area contributed by atoms with Crippen molar-refractivity contribution < 1.29 is 4.79 Å². The van der Waals surface area contributed by atoms with E-state index in [-0.39, 0.29) is 5.91 Å². The lowest BCUT2D eigenvalue weighted by Crippen LogP contribution is -2.37. The van der Waals surface area contributed by atoms with Crippen LogP contribution in [0.1, 0.15) is 39.7 Å². The monoisotopic (exact) mass is 381 g/mol. The van der Waals surface area contributed by atoms with Crippen LogP contribution in [-0.2, 0) is 0 Å². The van der Waals surface area contributed by atoms with E-state index >= 15 is 0 Å². The van der Waals surface area contributed by atoms with Gasteiger partial charge < -0.3 is 4.90 Å². The molecule has 4 rings (SSSR count). The Kier molecular flexibility index (Phi) is 4.62. The fourth-order valence-electron chi connectivity index (χ4n) is 3.29. The molecule has 1 aliphatic heterocycles. The van der Waals surface area contributed by atoms with E-state index in [4.69, 9.17) is 21.8 Å². The number of nitriles is 1. The predicted molar refractivity (Wildman–Crippen MR) is 104 cm³/mol. The number of rotatable bonds is 2. The number of likely N-dealkylation sites (tertiary alicyclic amines) is 1. The van der Waals surface area contributed by atoms with Gasteiger partial charge in [-0.15, -0.1) is 11.3 Å². The molecule has 4 nitrogen and oxygen atoms in total. The Balaban J connectivity index is 1.44. The van der Waals surface area contributed by atoms with E-state index in [2.05, 4.69) is 6.07 Å². The lowest BCUT2D eigenvalue weighted by atomic mass is 9.97. The number of nitrogens with zero attached hydrogens (tertiary/aromatic N) is 3. The van der Waals surface area contributed by atoms with Crippen molar-refractivity contribution in [1.29, 1.82) is 5.26 Å². The van der Waals surface area contributed by atoms with Gasteiger partial charge in [0.1, 0.15) is 0 Å². The molecule has 2 heterocycles. The number of hydrogen-bond acceptors (Lipinski definition) is 4. The number of halogens is 1. The fraction of sp³-hybridized carbons (Fsp3) is 0.250. The highest BCUT2D eigenvalue weighted by Crippen LogP contribution is 2.35. The maximum absolute atomic E-state index is 12.6. The minimum absolute atomic E-state index is 0.0315. The quantitative estimate of drug-likeness (QED) is 0.638. The van der Waals surface area contributed by atoms with Crippen molar-refractivity contribution in [3.8, 4) is 6.07 Å². The van der Waals surface area contributed by atoms with Gasteiger partial charge >= 0.3 is 0 Å². The molecule has 6 heteroatoms. The third-order valence-corrected chi connectivity index (χ3v) is 6.19. The van der Waals surface area contributed by atoms with Gasteiger partial charge in [-0.1, -0.05) is 11.6 Å². The topological polar surface area (TPSA) is 57.0 Å². The van der Waals surface area contributed by atoms with Gasteiger partial charge in [0.2, 0.25) is 0 Å². The number of carbonyl (C=O) groups is 1. The molecule has 1 aromatic heterocycles. The summed E-state index contributed by atoms with van der Waals surface area (Å²) in [4.78, 5) is 19.3. The normalized spacial score (nSPS) is 15.2. The van der Waals surface area contributed by atoms with E-state index in [1.165, 1.54) is 0 Å². The zero-order chi connectivity index (χ0) is 18.1. The third kappa shape index (κ3) is 3.31. The Labute approximate surface area is 160 Å². The van der Waals surface area contributed by atoms with Gasteiger partial charge in [-0.05, 0) is 55.3 Å². The van der Waals surface area contributed by atoms with Gasteiger partial charge in [-0.2, -0.15) is 5.26 Å². The first-order valence-electron chi connectivity index (χ1n) is 8.49. The van der Waals surface area contributed by atoms with Crippen molar-refractivity contribution in [2.24, 2.45) is 0 Å². The van der Waals surface area contributed by atoms with E-state index in [0.29, 0.717) is 22.1 Å². The summed E-state index contributed by atoms with van der Waals surface area (Å²) in [5.74, 6) is 0.417. The van der Waals surface area contributed by atoms with Crippen LogP contribution in [0.4, 0.5) is 0 Å². The van der Waals surface area contributed by atoms with Crippen LogP contribution >= 0.6 is 22.9 Å². The lowest BCUT2D eigenvalue weighted by Gasteiger charge is -2.31. The maximum atomic E-state index is 12.6. The van der Waals surface area contributed by atoms with E-state index in [1.807, 2.05) is 23.1 Å². The van der Waals surface area contributed by atoms with Crippen LogP contribution in [0.15, 0.2) is 42.5 Å². The zero-order valence-electron chi connectivity index (χ0n) is 14.0. The Morgan fingerprint density at radius 2 is 1.92 bits per heavy atom. The summed E-state index contributed by atoms with van der Waals surface area (Å²) < 4.78 is 1.15. The molecule has 0 aliphatic carbocycles. The molecule has 1 fully saturated rings. The highest BCUT2D eigenvalue weighted by atomic mass is 35.5. The number of aromatic nitrogens is 1. The number of piperidine rings is 1. The standard InChI is InChI=1S/C20H16ClN3OS/c21-16-5-6-18-17(11-16)23-19(26-18)14-7-9-24(10-8-14)20(25)15-3-1-13(12-22)2-4-15/h1-6,11,14H,7-10H2. The van der Waals surface area contributed by atoms with Crippen molar-refractivity contribution in [3.05, 3.63) is 63.6 Å². The molecule has 1 saturated heterocycles. The Morgan fingerprint density at radius 1 is 1.19 bits per heavy atom. The molecule has 0 N–H and O–H groups in total. The van der Waals surface area contributed by atoms with Crippen molar-refractivity contribution in [2.75, 3.05) is 13.1 Å². The molecule has 0 radical (unpaired) electrons. The molecule has 0 spiro atoms. The van der Waals surface area contributed by atoms with Gasteiger partial charge in [-0.3, -0.25) is 4.79 Å². The summed E-state index contributed by atoms with van der Waals surface area (Å²) in [6, 6.07) is 14.7. The van der Waals surface area contributed by atoms with Crippen LogP contribution in [0.5, 0.6) is 0 Å². The van der Waals surface area contributed by atoms with E-state index in [1.54, 1.807) is 35.6 Å².